The van der Waals surface area contributed by atoms with Crippen molar-refractivity contribution in [3.8, 4) is 39.1 Å². The third-order valence-corrected chi connectivity index (χ3v) is 6.43. The fourth-order valence-electron chi connectivity index (χ4n) is 4.48. The Morgan fingerprint density at radius 3 is 1.55 bits per heavy atom. The van der Waals surface area contributed by atoms with Crippen LogP contribution in [0.15, 0.2) is 121 Å². The summed E-state index contributed by atoms with van der Waals surface area (Å²) in [5.74, 6) is -1.76. The molecule has 0 spiro atoms. The Morgan fingerprint density at radius 2 is 1.00 bits per heavy atom. The number of carbonyl (C=O) groups excluding carboxylic acids is 3. The molecular formula is C33H20O5. The molecule has 0 radical (unpaired) electrons. The Labute approximate surface area is 218 Å². The van der Waals surface area contributed by atoms with Gasteiger partial charge in [-0.1, -0.05) is 72.8 Å². The van der Waals surface area contributed by atoms with Gasteiger partial charge in [-0.2, -0.15) is 0 Å². The van der Waals surface area contributed by atoms with Crippen molar-refractivity contribution < 1.29 is 23.9 Å². The van der Waals surface area contributed by atoms with Gasteiger partial charge in [0.2, 0.25) is 0 Å². The minimum absolute atomic E-state index is 0.0623. The average Bonchev–Trinajstić information content (AvgIpc) is 3.26. The normalized spacial score (nSPS) is 12.1. The number of hydrogen-bond donors (Lipinski definition) is 0. The molecule has 5 nitrogen and oxygen atoms in total. The monoisotopic (exact) mass is 496 g/mol. The van der Waals surface area contributed by atoms with Gasteiger partial charge in [-0.05, 0) is 81.9 Å². The number of rotatable bonds is 5. The predicted molar refractivity (Wildman–Crippen MR) is 144 cm³/mol. The zero-order chi connectivity index (χ0) is 26.1. The summed E-state index contributed by atoms with van der Waals surface area (Å²) in [5.41, 5.74) is 6.81. The van der Waals surface area contributed by atoms with Crippen LogP contribution < -0.4 is 4.74 Å². The molecule has 0 N–H and O–H groups in total. The van der Waals surface area contributed by atoms with Gasteiger partial charge in [0.05, 0.1) is 16.7 Å². The number of ether oxygens (including phenoxy) is 2. The second-order valence-electron chi connectivity index (χ2n) is 8.88. The van der Waals surface area contributed by atoms with E-state index in [4.69, 9.17) is 4.74 Å². The van der Waals surface area contributed by atoms with Crippen LogP contribution in [0, 0.1) is 0 Å². The minimum Gasteiger partial charge on any atom is -0.423 e. The predicted octanol–water partition coefficient (Wildman–Crippen LogP) is 7.22. The maximum atomic E-state index is 12.7. The first-order valence-corrected chi connectivity index (χ1v) is 12.0. The molecule has 38 heavy (non-hydrogen) atoms. The molecule has 0 unspecified atom stereocenters. The van der Waals surface area contributed by atoms with Crippen molar-refractivity contribution in [1.29, 1.82) is 0 Å². The Morgan fingerprint density at radius 1 is 0.500 bits per heavy atom. The van der Waals surface area contributed by atoms with Gasteiger partial charge in [0.1, 0.15) is 5.75 Å². The van der Waals surface area contributed by atoms with Crippen LogP contribution in [0.25, 0.3) is 33.4 Å². The molecule has 1 aliphatic rings. The maximum absolute atomic E-state index is 12.7. The molecule has 0 saturated carbocycles. The van der Waals surface area contributed by atoms with Gasteiger partial charge in [0, 0.05) is 0 Å². The van der Waals surface area contributed by atoms with Crippen LogP contribution >= 0.6 is 0 Å². The lowest BCUT2D eigenvalue weighted by Gasteiger charge is -2.12. The highest BCUT2D eigenvalue weighted by atomic mass is 16.6. The van der Waals surface area contributed by atoms with Gasteiger partial charge in [-0.15, -0.1) is 0 Å². The van der Waals surface area contributed by atoms with Gasteiger partial charge in [0.15, 0.2) is 0 Å². The highest BCUT2D eigenvalue weighted by Gasteiger charge is 2.30. The topological polar surface area (TPSA) is 69.7 Å². The van der Waals surface area contributed by atoms with Crippen LogP contribution in [-0.4, -0.2) is 17.9 Å². The first kappa shape index (κ1) is 23.1. The van der Waals surface area contributed by atoms with E-state index in [-0.39, 0.29) is 16.7 Å². The molecule has 0 fully saturated rings. The molecule has 5 heteroatoms. The number of benzene rings is 5. The zero-order valence-corrected chi connectivity index (χ0v) is 20.1. The number of cyclic esters (lactones) is 2. The van der Waals surface area contributed by atoms with Crippen molar-refractivity contribution in [3.05, 3.63) is 138 Å². The summed E-state index contributed by atoms with van der Waals surface area (Å²) in [6.07, 6.45) is 0. The summed E-state index contributed by atoms with van der Waals surface area (Å²) in [6, 6.07) is 38.3. The minimum atomic E-state index is -0.767. The SMILES string of the molecule is O=C(Oc1ccc(-c2cc(-c3ccccc3)cc(-c3ccccc3)c2)cc1)c1ccc2c(c1)C(=O)OC2=O. The molecular weight excluding hydrogens is 476 g/mol. The fraction of sp³-hybridized carbons (Fsp3) is 0. The van der Waals surface area contributed by atoms with E-state index < -0.39 is 17.9 Å². The van der Waals surface area contributed by atoms with Gasteiger partial charge >= 0.3 is 17.9 Å². The van der Waals surface area contributed by atoms with Crippen molar-refractivity contribution in [2.75, 3.05) is 0 Å². The van der Waals surface area contributed by atoms with Crippen LogP contribution in [0.3, 0.4) is 0 Å². The van der Waals surface area contributed by atoms with Crippen LogP contribution in [0.4, 0.5) is 0 Å². The molecule has 6 rings (SSSR count). The molecule has 0 aliphatic carbocycles. The zero-order valence-electron chi connectivity index (χ0n) is 20.1. The van der Waals surface area contributed by atoms with Crippen molar-refractivity contribution >= 4 is 17.9 Å². The number of carbonyl (C=O) groups is 3. The maximum Gasteiger partial charge on any atom is 0.346 e. The molecule has 0 aromatic heterocycles. The molecule has 0 amide bonds. The molecule has 0 bridgehead atoms. The number of fused-ring (bicyclic) bond motifs is 1. The van der Waals surface area contributed by atoms with E-state index in [2.05, 4.69) is 47.2 Å². The van der Waals surface area contributed by atoms with Crippen LogP contribution in [0.2, 0.25) is 0 Å². The largest absolute Gasteiger partial charge is 0.423 e. The second-order valence-corrected chi connectivity index (χ2v) is 8.88. The highest BCUT2D eigenvalue weighted by molar-refractivity contribution is 6.15. The van der Waals surface area contributed by atoms with E-state index in [9.17, 15) is 14.4 Å². The summed E-state index contributed by atoms with van der Waals surface area (Å²) in [4.78, 5) is 36.2. The van der Waals surface area contributed by atoms with Gasteiger partial charge in [0.25, 0.3) is 0 Å². The van der Waals surface area contributed by atoms with Crippen LogP contribution in [0.1, 0.15) is 31.1 Å². The molecule has 1 aliphatic heterocycles. The summed E-state index contributed by atoms with van der Waals surface area (Å²) >= 11 is 0. The average molecular weight is 497 g/mol. The van der Waals surface area contributed by atoms with E-state index in [0.717, 1.165) is 33.4 Å². The number of esters is 3. The molecule has 0 atom stereocenters. The lowest BCUT2D eigenvalue weighted by atomic mass is 9.93. The molecule has 1 heterocycles. The first-order valence-electron chi connectivity index (χ1n) is 12.0. The Bertz CT molecular complexity index is 1630. The van der Waals surface area contributed by atoms with E-state index in [0.29, 0.717) is 5.75 Å². The molecule has 0 saturated heterocycles. The van der Waals surface area contributed by atoms with Gasteiger partial charge in [-0.25, -0.2) is 14.4 Å². The third kappa shape index (κ3) is 4.49. The van der Waals surface area contributed by atoms with E-state index >= 15 is 0 Å². The van der Waals surface area contributed by atoms with Gasteiger partial charge in [-0.3, -0.25) is 0 Å². The molecule has 5 aromatic rings. The first-order chi connectivity index (χ1) is 18.5. The second kappa shape index (κ2) is 9.64. The van der Waals surface area contributed by atoms with Crippen molar-refractivity contribution in [1.82, 2.24) is 0 Å². The lowest BCUT2D eigenvalue weighted by molar-refractivity contribution is 0.0443. The quantitative estimate of drug-likeness (QED) is 0.146. The third-order valence-electron chi connectivity index (χ3n) is 6.43. The van der Waals surface area contributed by atoms with Crippen molar-refractivity contribution in [2.24, 2.45) is 0 Å². The fourth-order valence-corrected chi connectivity index (χ4v) is 4.48. The summed E-state index contributed by atoms with van der Waals surface area (Å²) < 4.78 is 10.1. The summed E-state index contributed by atoms with van der Waals surface area (Å²) in [6.45, 7) is 0. The molecule has 5 aromatic carbocycles. The van der Waals surface area contributed by atoms with Crippen molar-refractivity contribution in [2.45, 2.75) is 0 Å². The summed E-state index contributed by atoms with van der Waals surface area (Å²) in [7, 11) is 0. The van der Waals surface area contributed by atoms with Crippen molar-refractivity contribution in [3.63, 3.8) is 0 Å². The van der Waals surface area contributed by atoms with Gasteiger partial charge < -0.3 is 9.47 Å². The number of hydrogen-bond acceptors (Lipinski definition) is 5. The smallest absolute Gasteiger partial charge is 0.346 e. The molecule has 182 valence electrons. The van der Waals surface area contributed by atoms with Crippen LogP contribution in [0.5, 0.6) is 5.75 Å². The highest BCUT2D eigenvalue weighted by Crippen LogP contribution is 2.33. The van der Waals surface area contributed by atoms with E-state index in [1.54, 1.807) is 12.1 Å². The van der Waals surface area contributed by atoms with E-state index in [1.165, 1.54) is 18.2 Å². The Hall–Kier alpha value is -5.29. The van der Waals surface area contributed by atoms with E-state index in [1.807, 2.05) is 48.5 Å². The Balaban J connectivity index is 1.29. The lowest BCUT2D eigenvalue weighted by Crippen LogP contribution is -2.09. The Kier molecular flexibility index (Phi) is 5.86. The standard InChI is InChI=1S/C33H20O5/c34-31(24-13-16-29-30(20-24)33(36)38-32(29)35)37-28-14-11-23(12-15-28)27-18-25(21-7-3-1-4-8-21)17-26(19-27)22-9-5-2-6-10-22/h1-20H. The van der Waals surface area contributed by atoms with Crippen LogP contribution in [-0.2, 0) is 4.74 Å². The summed E-state index contributed by atoms with van der Waals surface area (Å²) in [5, 5.41) is 0.